The molecule has 0 aromatic heterocycles. The van der Waals surface area contributed by atoms with Gasteiger partial charge in [0.05, 0.1) is 19.8 Å². The van der Waals surface area contributed by atoms with Crippen molar-refractivity contribution in [3.63, 3.8) is 0 Å². The molecular formula is C27H38O5Si. The molecule has 0 spiro atoms. The molecule has 0 N–H and O–H groups in total. The zero-order chi connectivity index (χ0) is 24.1. The first kappa shape index (κ1) is 25.6. The van der Waals surface area contributed by atoms with Gasteiger partial charge < -0.3 is 18.6 Å². The van der Waals surface area contributed by atoms with Crippen molar-refractivity contribution in [3.05, 3.63) is 60.7 Å². The molecule has 180 valence electrons. The zero-order valence-electron chi connectivity index (χ0n) is 20.8. The lowest BCUT2D eigenvalue weighted by Gasteiger charge is -2.46. The predicted molar refractivity (Wildman–Crippen MR) is 133 cm³/mol. The highest BCUT2D eigenvalue weighted by atomic mass is 28.4. The van der Waals surface area contributed by atoms with Gasteiger partial charge in [0, 0.05) is 6.42 Å². The van der Waals surface area contributed by atoms with E-state index in [1.165, 1.54) is 17.5 Å². The minimum Gasteiger partial charge on any atom is -0.469 e. The number of rotatable bonds is 9. The summed E-state index contributed by atoms with van der Waals surface area (Å²) in [7, 11) is -1.34. The first-order valence-corrected chi connectivity index (χ1v) is 13.7. The summed E-state index contributed by atoms with van der Waals surface area (Å²) in [5.74, 6) is -0.858. The van der Waals surface area contributed by atoms with Gasteiger partial charge in [-0.15, -0.1) is 0 Å². The predicted octanol–water partition coefficient (Wildman–Crippen LogP) is 4.43. The van der Waals surface area contributed by atoms with Crippen LogP contribution in [-0.4, -0.2) is 46.0 Å². The van der Waals surface area contributed by atoms with Crippen molar-refractivity contribution in [2.24, 2.45) is 0 Å². The van der Waals surface area contributed by atoms with Gasteiger partial charge in [-0.3, -0.25) is 4.79 Å². The molecule has 0 radical (unpaired) electrons. The molecule has 1 heterocycles. The number of hydrogen-bond donors (Lipinski definition) is 0. The summed E-state index contributed by atoms with van der Waals surface area (Å²) < 4.78 is 24.4. The zero-order valence-corrected chi connectivity index (χ0v) is 21.8. The van der Waals surface area contributed by atoms with Crippen molar-refractivity contribution >= 4 is 24.7 Å². The van der Waals surface area contributed by atoms with Crippen LogP contribution in [0.2, 0.25) is 5.04 Å². The first-order chi connectivity index (χ1) is 15.6. The number of hydrogen-bond acceptors (Lipinski definition) is 5. The van der Waals surface area contributed by atoms with Gasteiger partial charge in [-0.2, -0.15) is 0 Å². The van der Waals surface area contributed by atoms with E-state index in [1.807, 2.05) is 26.0 Å². The number of carbonyl (C=O) groups is 1. The molecule has 0 amide bonds. The largest absolute Gasteiger partial charge is 0.469 e. The normalized spacial score (nSPS) is 19.3. The Morgan fingerprint density at radius 3 is 2.03 bits per heavy atom. The van der Waals surface area contributed by atoms with E-state index in [1.54, 1.807) is 0 Å². The van der Waals surface area contributed by atoms with Crippen LogP contribution in [0.4, 0.5) is 0 Å². The highest BCUT2D eigenvalue weighted by molar-refractivity contribution is 6.99. The van der Waals surface area contributed by atoms with Crippen LogP contribution in [0, 0.1) is 0 Å². The topological polar surface area (TPSA) is 54.0 Å². The lowest BCUT2D eigenvalue weighted by Crippen LogP contribution is -2.68. The van der Waals surface area contributed by atoms with Gasteiger partial charge in [0.2, 0.25) is 0 Å². The summed E-state index contributed by atoms with van der Waals surface area (Å²) in [6.45, 7) is 11.1. The second-order valence-corrected chi connectivity index (χ2v) is 14.4. The quantitative estimate of drug-likeness (QED) is 0.401. The Hall–Kier alpha value is -1.99. The SMILES string of the molecule is COC(=O)CCC[C@H](O[Si](c1ccccc1)(c1ccccc1)C(C)(C)C)C1COC(C)(C)O1. The summed E-state index contributed by atoms with van der Waals surface area (Å²) in [6.07, 6.45) is 1.27. The monoisotopic (exact) mass is 470 g/mol. The molecule has 0 bridgehead atoms. The van der Waals surface area contributed by atoms with Crippen LogP contribution in [0.1, 0.15) is 53.9 Å². The standard InChI is InChI=1S/C27H38O5Si/c1-26(2,3)33(21-14-9-7-10-15-21,22-16-11-8-12-17-22)32-23(18-13-19-25(28)29-6)24-20-30-27(4,5)31-24/h7-12,14-17,23-24H,13,18-20H2,1-6H3/t23-,24?/m0/s1. The summed E-state index contributed by atoms with van der Waals surface area (Å²) in [6, 6.07) is 21.2. The van der Waals surface area contributed by atoms with E-state index < -0.39 is 14.1 Å². The van der Waals surface area contributed by atoms with E-state index in [4.69, 9.17) is 18.6 Å². The molecule has 33 heavy (non-hydrogen) atoms. The van der Waals surface area contributed by atoms with Crippen LogP contribution in [0.5, 0.6) is 0 Å². The fourth-order valence-corrected chi connectivity index (χ4v) is 9.43. The highest BCUT2D eigenvalue weighted by Gasteiger charge is 2.53. The van der Waals surface area contributed by atoms with Crippen LogP contribution in [-0.2, 0) is 23.4 Å². The van der Waals surface area contributed by atoms with Crippen LogP contribution < -0.4 is 10.4 Å². The van der Waals surface area contributed by atoms with Crippen LogP contribution in [0.15, 0.2) is 60.7 Å². The molecule has 0 aliphatic carbocycles. The van der Waals surface area contributed by atoms with Gasteiger partial charge in [-0.05, 0) is 42.1 Å². The number of carbonyl (C=O) groups excluding carboxylic acids is 1. The van der Waals surface area contributed by atoms with E-state index in [9.17, 15) is 4.79 Å². The number of esters is 1. The minimum absolute atomic E-state index is 0.148. The van der Waals surface area contributed by atoms with Gasteiger partial charge in [-0.1, -0.05) is 81.4 Å². The second kappa shape index (κ2) is 10.5. The Morgan fingerprint density at radius 1 is 1.06 bits per heavy atom. The van der Waals surface area contributed by atoms with Crippen molar-refractivity contribution < 1.29 is 23.4 Å². The molecule has 1 saturated heterocycles. The third-order valence-corrected chi connectivity index (χ3v) is 11.3. The summed E-state index contributed by atoms with van der Waals surface area (Å²) >= 11 is 0. The molecule has 1 fully saturated rings. The highest BCUT2D eigenvalue weighted by Crippen LogP contribution is 2.39. The Balaban J connectivity index is 2.05. The number of methoxy groups -OCH3 is 1. The lowest BCUT2D eigenvalue weighted by molar-refractivity contribution is -0.150. The van der Waals surface area contributed by atoms with Gasteiger partial charge in [0.1, 0.15) is 6.10 Å². The molecule has 5 nitrogen and oxygen atoms in total. The van der Waals surface area contributed by atoms with Gasteiger partial charge >= 0.3 is 5.97 Å². The fourth-order valence-electron chi connectivity index (χ4n) is 4.69. The molecular weight excluding hydrogens is 432 g/mol. The van der Waals surface area contributed by atoms with Crippen molar-refractivity contribution in [3.8, 4) is 0 Å². The molecule has 3 rings (SSSR count). The van der Waals surface area contributed by atoms with Gasteiger partial charge in [0.15, 0.2) is 5.79 Å². The summed E-state index contributed by atoms with van der Waals surface area (Å²) in [5, 5.41) is 2.30. The fraction of sp³-hybridized carbons (Fsp3) is 0.519. The maximum atomic E-state index is 11.8. The third-order valence-electron chi connectivity index (χ3n) is 6.29. The van der Waals surface area contributed by atoms with E-state index in [0.29, 0.717) is 25.9 Å². The third kappa shape index (κ3) is 5.93. The van der Waals surface area contributed by atoms with Gasteiger partial charge in [-0.25, -0.2) is 0 Å². The van der Waals surface area contributed by atoms with Crippen LogP contribution in [0.3, 0.4) is 0 Å². The number of benzene rings is 2. The molecule has 2 atom stereocenters. The van der Waals surface area contributed by atoms with E-state index in [-0.39, 0.29) is 23.2 Å². The van der Waals surface area contributed by atoms with Crippen molar-refractivity contribution in [1.29, 1.82) is 0 Å². The molecule has 6 heteroatoms. The van der Waals surface area contributed by atoms with Crippen molar-refractivity contribution in [2.45, 2.75) is 76.9 Å². The second-order valence-electron chi connectivity index (χ2n) is 10.2. The summed E-state index contributed by atoms with van der Waals surface area (Å²) in [4.78, 5) is 11.8. The Morgan fingerprint density at radius 2 is 1.61 bits per heavy atom. The smallest absolute Gasteiger partial charge is 0.305 e. The van der Waals surface area contributed by atoms with Crippen LogP contribution in [0.25, 0.3) is 0 Å². The number of ether oxygens (including phenoxy) is 3. The van der Waals surface area contributed by atoms with Crippen molar-refractivity contribution in [1.82, 2.24) is 0 Å². The van der Waals surface area contributed by atoms with E-state index >= 15 is 0 Å². The first-order valence-electron chi connectivity index (χ1n) is 11.8. The Bertz CT molecular complexity index is 852. The van der Waals surface area contributed by atoms with Crippen LogP contribution >= 0.6 is 0 Å². The lowest BCUT2D eigenvalue weighted by atomic mass is 10.1. The average Bonchev–Trinajstić information content (AvgIpc) is 3.15. The molecule has 1 aliphatic rings. The van der Waals surface area contributed by atoms with Gasteiger partial charge in [0.25, 0.3) is 8.32 Å². The Labute approximate surface area is 199 Å². The molecule has 0 saturated carbocycles. The summed E-state index contributed by atoms with van der Waals surface area (Å²) in [5.41, 5.74) is 0. The Kier molecular flexibility index (Phi) is 8.16. The average molecular weight is 471 g/mol. The van der Waals surface area contributed by atoms with Crippen molar-refractivity contribution in [2.75, 3.05) is 13.7 Å². The molecule has 1 aliphatic heterocycles. The molecule has 2 aromatic carbocycles. The van der Waals surface area contributed by atoms with E-state index in [0.717, 1.165) is 0 Å². The molecule has 2 aromatic rings. The maximum Gasteiger partial charge on any atom is 0.305 e. The molecule has 1 unspecified atom stereocenters. The minimum atomic E-state index is -2.76. The van der Waals surface area contributed by atoms with E-state index in [2.05, 4.69) is 69.3 Å². The maximum absolute atomic E-state index is 11.8.